The molecule has 2 rings (SSSR count). The van der Waals surface area contributed by atoms with E-state index in [2.05, 4.69) is 46.7 Å². The molecular formula is C15H18N4O. The number of carbonyl (C=O) groups excluding carboxylic acids is 1. The molecule has 0 aliphatic heterocycles. The lowest BCUT2D eigenvalue weighted by atomic mass is 10.0. The maximum absolute atomic E-state index is 11.7. The van der Waals surface area contributed by atoms with Crippen molar-refractivity contribution in [2.24, 2.45) is 5.10 Å². The van der Waals surface area contributed by atoms with E-state index in [0.717, 1.165) is 11.3 Å². The van der Waals surface area contributed by atoms with Crippen molar-refractivity contribution in [3.8, 4) is 0 Å². The molecule has 0 unspecified atom stereocenters. The van der Waals surface area contributed by atoms with Crippen molar-refractivity contribution in [1.29, 1.82) is 0 Å². The third-order valence-corrected chi connectivity index (χ3v) is 2.92. The van der Waals surface area contributed by atoms with Gasteiger partial charge in [0.2, 0.25) is 0 Å². The van der Waals surface area contributed by atoms with E-state index in [0.29, 0.717) is 11.6 Å². The second kappa shape index (κ2) is 6.14. The van der Waals surface area contributed by atoms with Gasteiger partial charge in [0.25, 0.3) is 5.91 Å². The lowest BCUT2D eigenvalue weighted by Crippen LogP contribution is -2.18. The first-order valence-electron chi connectivity index (χ1n) is 6.51. The Morgan fingerprint density at radius 1 is 1.35 bits per heavy atom. The van der Waals surface area contributed by atoms with Gasteiger partial charge in [-0.3, -0.25) is 9.89 Å². The van der Waals surface area contributed by atoms with E-state index in [9.17, 15) is 4.79 Å². The SMILES string of the molecule is Cc1cc(C(=O)N/N=C\c2ccc(C(C)C)cc2)n[nH]1. The predicted molar refractivity (Wildman–Crippen MR) is 78.9 cm³/mol. The number of nitrogens with one attached hydrogen (secondary N) is 2. The molecule has 0 atom stereocenters. The lowest BCUT2D eigenvalue weighted by Gasteiger charge is -2.04. The number of aryl methyl sites for hydroxylation is 1. The molecule has 0 fully saturated rings. The summed E-state index contributed by atoms with van der Waals surface area (Å²) in [6.07, 6.45) is 1.61. The van der Waals surface area contributed by atoms with Crippen molar-refractivity contribution in [1.82, 2.24) is 15.6 Å². The minimum absolute atomic E-state index is 0.329. The largest absolute Gasteiger partial charge is 0.291 e. The van der Waals surface area contributed by atoms with Crippen molar-refractivity contribution in [2.75, 3.05) is 0 Å². The fourth-order valence-electron chi connectivity index (χ4n) is 1.72. The number of nitrogens with zero attached hydrogens (tertiary/aromatic N) is 2. The van der Waals surface area contributed by atoms with Crippen molar-refractivity contribution in [3.05, 3.63) is 52.8 Å². The zero-order valence-electron chi connectivity index (χ0n) is 11.8. The summed E-state index contributed by atoms with van der Waals surface area (Å²) in [4.78, 5) is 11.7. The molecule has 1 aromatic carbocycles. The van der Waals surface area contributed by atoms with E-state index >= 15 is 0 Å². The van der Waals surface area contributed by atoms with Crippen LogP contribution in [0.25, 0.3) is 0 Å². The molecule has 2 aromatic rings. The van der Waals surface area contributed by atoms with E-state index in [1.54, 1.807) is 12.3 Å². The molecule has 0 radical (unpaired) electrons. The number of hydrogen-bond acceptors (Lipinski definition) is 3. The number of aromatic nitrogens is 2. The van der Waals surface area contributed by atoms with Crippen molar-refractivity contribution >= 4 is 12.1 Å². The number of hydrazone groups is 1. The van der Waals surface area contributed by atoms with Gasteiger partial charge in [0, 0.05) is 5.69 Å². The summed E-state index contributed by atoms with van der Waals surface area (Å²) in [5.41, 5.74) is 5.83. The van der Waals surface area contributed by atoms with Crippen LogP contribution >= 0.6 is 0 Å². The highest BCUT2D eigenvalue weighted by molar-refractivity contribution is 5.93. The second-order valence-electron chi connectivity index (χ2n) is 4.96. The summed E-state index contributed by atoms with van der Waals surface area (Å²) in [6.45, 7) is 6.13. The van der Waals surface area contributed by atoms with Crippen molar-refractivity contribution in [3.63, 3.8) is 0 Å². The number of carbonyl (C=O) groups is 1. The van der Waals surface area contributed by atoms with Crippen molar-refractivity contribution < 1.29 is 4.79 Å². The van der Waals surface area contributed by atoms with Crippen LogP contribution in [0.5, 0.6) is 0 Å². The number of rotatable bonds is 4. The maximum atomic E-state index is 11.7. The topological polar surface area (TPSA) is 70.1 Å². The Kier molecular flexibility index (Phi) is 4.30. The van der Waals surface area contributed by atoms with Gasteiger partial charge in [0.1, 0.15) is 0 Å². The van der Waals surface area contributed by atoms with Crippen LogP contribution in [0.1, 0.15) is 47.1 Å². The Hall–Kier alpha value is -2.43. The van der Waals surface area contributed by atoms with Gasteiger partial charge in [-0.2, -0.15) is 10.2 Å². The smallest absolute Gasteiger partial charge is 0.282 e. The molecule has 1 heterocycles. The molecule has 0 bridgehead atoms. The molecule has 5 heteroatoms. The van der Waals surface area contributed by atoms with E-state index in [4.69, 9.17) is 0 Å². The average Bonchev–Trinajstić information content (AvgIpc) is 2.86. The molecule has 5 nitrogen and oxygen atoms in total. The monoisotopic (exact) mass is 270 g/mol. The number of amides is 1. The first-order valence-corrected chi connectivity index (χ1v) is 6.51. The van der Waals surface area contributed by atoms with E-state index in [1.807, 2.05) is 19.1 Å². The van der Waals surface area contributed by atoms with Crippen LogP contribution in [0.15, 0.2) is 35.4 Å². The third-order valence-electron chi connectivity index (χ3n) is 2.92. The highest BCUT2D eigenvalue weighted by Crippen LogP contribution is 2.13. The molecule has 1 amide bonds. The van der Waals surface area contributed by atoms with E-state index < -0.39 is 0 Å². The first-order chi connectivity index (χ1) is 9.56. The minimum atomic E-state index is -0.329. The summed E-state index contributed by atoms with van der Waals surface area (Å²) in [5, 5.41) is 10.5. The summed E-state index contributed by atoms with van der Waals surface area (Å²) in [7, 11) is 0. The van der Waals surface area contributed by atoms with Crippen LogP contribution in [0.4, 0.5) is 0 Å². The Labute approximate surface area is 118 Å². The fraction of sp³-hybridized carbons (Fsp3) is 0.267. The van der Waals surface area contributed by atoms with Gasteiger partial charge in [-0.1, -0.05) is 38.1 Å². The predicted octanol–water partition coefficient (Wildman–Crippen LogP) is 2.61. The Morgan fingerprint density at radius 2 is 2.05 bits per heavy atom. The van der Waals surface area contributed by atoms with Crippen LogP contribution in [0, 0.1) is 6.92 Å². The molecule has 0 saturated carbocycles. The Balaban J connectivity index is 1.94. The molecule has 0 aliphatic carbocycles. The van der Waals surface area contributed by atoms with Gasteiger partial charge < -0.3 is 0 Å². The van der Waals surface area contributed by atoms with Crippen LogP contribution in [-0.4, -0.2) is 22.3 Å². The first kappa shape index (κ1) is 14.0. The van der Waals surface area contributed by atoms with Crippen LogP contribution in [-0.2, 0) is 0 Å². The highest BCUT2D eigenvalue weighted by atomic mass is 16.2. The normalized spacial score (nSPS) is 11.2. The van der Waals surface area contributed by atoms with Crippen LogP contribution in [0.2, 0.25) is 0 Å². The number of benzene rings is 1. The standard InChI is InChI=1S/C15H18N4O/c1-10(2)13-6-4-12(5-7-13)9-16-19-15(20)14-8-11(3)17-18-14/h4-10H,1-3H3,(H,17,18)(H,19,20)/b16-9-. The molecular weight excluding hydrogens is 252 g/mol. The van der Waals surface area contributed by atoms with Crippen molar-refractivity contribution in [2.45, 2.75) is 26.7 Å². The molecule has 20 heavy (non-hydrogen) atoms. The lowest BCUT2D eigenvalue weighted by molar-refractivity contribution is 0.0950. The second-order valence-corrected chi connectivity index (χ2v) is 4.96. The maximum Gasteiger partial charge on any atom is 0.291 e. The van der Waals surface area contributed by atoms with Gasteiger partial charge in [-0.25, -0.2) is 5.43 Å². The van der Waals surface area contributed by atoms with Gasteiger partial charge in [-0.15, -0.1) is 0 Å². The van der Waals surface area contributed by atoms with Gasteiger partial charge >= 0.3 is 0 Å². The third kappa shape index (κ3) is 3.54. The quantitative estimate of drug-likeness (QED) is 0.662. The van der Waals surface area contributed by atoms with E-state index in [-0.39, 0.29) is 5.91 Å². The minimum Gasteiger partial charge on any atom is -0.282 e. The zero-order valence-corrected chi connectivity index (χ0v) is 11.8. The number of H-pyrrole nitrogens is 1. The van der Waals surface area contributed by atoms with Gasteiger partial charge in [0.05, 0.1) is 6.21 Å². The zero-order chi connectivity index (χ0) is 14.5. The van der Waals surface area contributed by atoms with Crippen LogP contribution < -0.4 is 5.43 Å². The Morgan fingerprint density at radius 3 is 2.60 bits per heavy atom. The summed E-state index contributed by atoms with van der Waals surface area (Å²) < 4.78 is 0. The van der Waals surface area contributed by atoms with Crippen LogP contribution in [0.3, 0.4) is 0 Å². The molecule has 1 aromatic heterocycles. The highest BCUT2D eigenvalue weighted by Gasteiger charge is 2.07. The Bertz CT molecular complexity index is 611. The van der Waals surface area contributed by atoms with Gasteiger partial charge in [-0.05, 0) is 30.0 Å². The average molecular weight is 270 g/mol. The summed E-state index contributed by atoms with van der Waals surface area (Å²) >= 11 is 0. The summed E-state index contributed by atoms with van der Waals surface area (Å²) in [6, 6.07) is 9.74. The number of hydrogen-bond donors (Lipinski definition) is 2. The fourth-order valence-corrected chi connectivity index (χ4v) is 1.72. The molecule has 0 spiro atoms. The number of aromatic amines is 1. The van der Waals surface area contributed by atoms with E-state index in [1.165, 1.54) is 5.56 Å². The summed E-state index contributed by atoms with van der Waals surface area (Å²) in [5.74, 6) is 0.174. The molecule has 2 N–H and O–H groups in total. The molecule has 104 valence electrons. The van der Waals surface area contributed by atoms with Gasteiger partial charge in [0.15, 0.2) is 5.69 Å². The molecule has 0 saturated heterocycles. The molecule has 0 aliphatic rings.